The maximum absolute atomic E-state index is 11.6. The van der Waals surface area contributed by atoms with E-state index in [2.05, 4.69) is 10.6 Å². The molecule has 1 aromatic rings. The van der Waals surface area contributed by atoms with Crippen molar-refractivity contribution in [3.05, 3.63) is 35.9 Å². The number of benzene rings is 1. The highest BCUT2D eigenvalue weighted by molar-refractivity contribution is 5.79. The first-order valence-electron chi connectivity index (χ1n) is 6.13. The van der Waals surface area contributed by atoms with Gasteiger partial charge >= 0.3 is 12.0 Å². The van der Waals surface area contributed by atoms with Crippen LogP contribution in [0.5, 0.6) is 0 Å². The first-order chi connectivity index (χ1) is 8.79. The van der Waals surface area contributed by atoms with Crippen molar-refractivity contribution in [3.8, 4) is 0 Å². The fourth-order valence-electron chi connectivity index (χ4n) is 1.61. The Kier molecular flexibility index (Phi) is 4.92. The van der Waals surface area contributed by atoms with Gasteiger partial charge in [-0.3, -0.25) is 4.79 Å². The third-order valence-electron chi connectivity index (χ3n) is 2.46. The van der Waals surface area contributed by atoms with Gasteiger partial charge in [0.05, 0.1) is 5.92 Å². The van der Waals surface area contributed by atoms with E-state index in [-0.39, 0.29) is 18.1 Å². The number of carboxylic acids is 1. The molecule has 0 radical (unpaired) electrons. The van der Waals surface area contributed by atoms with Gasteiger partial charge in [-0.2, -0.15) is 0 Å². The Hall–Kier alpha value is -2.04. The number of hydrogen-bond donors (Lipinski definition) is 3. The number of nitrogens with one attached hydrogen (secondary N) is 2. The maximum atomic E-state index is 11.6. The molecule has 0 aliphatic rings. The van der Waals surface area contributed by atoms with Crippen molar-refractivity contribution in [1.82, 2.24) is 10.6 Å². The van der Waals surface area contributed by atoms with Crippen LogP contribution in [0.25, 0.3) is 0 Å². The van der Waals surface area contributed by atoms with Gasteiger partial charge in [-0.05, 0) is 26.3 Å². The van der Waals surface area contributed by atoms with Crippen LogP contribution in [0, 0.1) is 0 Å². The van der Waals surface area contributed by atoms with Crippen molar-refractivity contribution in [2.24, 2.45) is 0 Å². The topological polar surface area (TPSA) is 78.4 Å². The second-order valence-corrected chi connectivity index (χ2v) is 5.39. The lowest BCUT2D eigenvalue weighted by Crippen LogP contribution is -2.47. The zero-order valence-corrected chi connectivity index (χ0v) is 11.4. The van der Waals surface area contributed by atoms with Gasteiger partial charge in [0.1, 0.15) is 0 Å². The fraction of sp³-hybridized carbons (Fsp3) is 0.429. The number of urea groups is 1. The highest BCUT2D eigenvalue weighted by Crippen LogP contribution is 2.14. The van der Waals surface area contributed by atoms with Crippen LogP contribution in [-0.4, -0.2) is 29.2 Å². The Labute approximate surface area is 113 Å². The van der Waals surface area contributed by atoms with Gasteiger partial charge in [0.25, 0.3) is 0 Å². The van der Waals surface area contributed by atoms with Crippen molar-refractivity contribution in [3.63, 3.8) is 0 Å². The van der Waals surface area contributed by atoms with E-state index in [0.29, 0.717) is 5.56 Å². The minimum Gasteiger partial charge on any atom is -0.481 e. The van der Waals surface area contributed by atoms with E-state index in [1.54, 1.807) is 24.3 Å². The molecule has 0 saturated heterocycles. The average Bonchev–Trinajstić information content (AvgIpc) is 2.27. The average molecular weight is 264 g/mol. The van der Waals surface area contributed by atoms with E-state index in [0.717, 1.165) is 0 Å². The first kappa shape index (κ1) is 15.0. The van der Waals surface area contributed by atoms with Crippen LogP contribution in [0.15, 0.2) is 30.3 Å². The normalized spacial score (nSPS) is 12.6. The summed E-state index contributed by atoms with van der Waals surface area (Å²) in [6.07, 6.45) is 0. The molecule has 19 heavy (non-hydrogen) atoms. The summed E-state index contributed by atoms with van der Waals surface area (Å²) in [6, 6.07) is 8.49. The Bertz CT molecular complexity index is 438. The van der Waals surface area contributed by atoms with Crippen LogP contribution in [0.1, 0.15) is 32.3 Å². The second kappa shape index (κ2) is 6.22. The fourth-order valence-corrected chi connectivity index (χ4v) is 1.61. The van der Waals surface area contributed by atoms with Gasteiger partial charge in [0, 0.05) is 12.1 Å². The van der Waals surface area contributed by atoms with Gasteiger partial charge in [0.15, 0.2) is 0 Å². The smallest absolute Gasteiger partial charge is 0.315 e. The predicted molar refractivity (Wildman–Crippen MR) is 73.1 cm³/mol. The number of rotatable bonds is 4. The Balaban J connectivity index is 2.62. The molecule has 5 nitrogen and oxygen atoms in total. The summed E-state index contributed by atoms with van der Waals surface area (Å²) in [5, 5.41) is 14.5. The molecule has 0 bridgehead atoms. The number of carboxylic acid groups (broad SMARTS) is 1. The molecule has 5 heteroatoms. The number of carbonyl (C=O) groups is 2. The second-order valence-electron chi connectivity index (χ2n) is 5.39. The summed E-state index contributed by atoms with van der Waals surface area (Å²) in [4.78, 5) is 22.8. The molecular formula is C14H20N2O3. The summed E-state index contributed by atoms with van der Waals surface area (Å²) in [5.74, 6) is -1.70. The molecule has 2 amide bonds. The van der Waals surface area contributed by atoms with E-state index in [1.165, 1.54) is 0 Å². The van der Waals surface area contributed by atoms with E-state index in [9.17, 15) is 14.7 Å². The van der Waals surface area contributed by atoms with Gasteiger partial charge in [-0.1, -0.05) is 30.3 Å². The van der Waals surface area contributed by atoms with E-state index in [4.69, 9.17) is 0 Å². The van der Waals surface area contributed by atoms with Crippen molar-refractivity contribution < 1.29 is 14.7 Å². The molecule has 0 aliphatic carbocycles. The van der Waals surface area contributed by atoms with E-state index < -0.39 is 11.9 Å². The lowest BCUT2D eigenvalue weighted by Gasteiger charge is -2.22. The SMILES string of the molecule is CC(C)(C)NC(=O)NCC(C(=O)O)c1ccccc1. The standard InChI is InChI=1S/C14H20N2O3/c1-14(2,3)16-13(19)15-9-11(12(17)18)10-7-5-4-6-8-10/h4-8,11H,9H2,1-3H3,(H,17,18)(H2,15,16,19). The van der Waals surface area contributed by atoms with Gasteiger partial charge < -0.3 is 15.7 Å². The molecule has 1 aromatic carbocycles. The quantitative estimate of drug-likeness (QED) is 0.777. The monoisotopic (exact) mass is 264 g/mol. The van der Waals surface area contributed by atoms with Crippen LogP contribution in [0.3, 0.4) is 0 Å². The molecule has 0 heterocycles. The van der Waals surface area contributed by atoms with Crippen LogP contribution < -0.4 is 10.6 Å². The molecule has 1 atom stereocenters. The minimum atomic E-state index is -0.956. The molecular weight excluding hydrogens is 244 g/mol. The van der Waals surface area contributed by atoms with Crippen LogP contribution in [-0.2, 0) is 4.79 Å². The van der Waals surface area contributed by atoms with Crippen LogP contribution in [0.2, 0.25) is 0 Å². The van der Waals surface area contributed by atoms with Crippen molar-refractivity contribution in [2.75, 3.05) is 6.54 Å². The van der Waals surface area contributed by atoms with Gasteiger partial charge in [0.2, 0.25) is 0 Å². The summed E-state index contributed by atoms with van der Waals surface area (Å²) in [7, 11) is 0. The first-order valence-corrected chi connectivity index (χ1v) is 6.13. The van der Waals surface area contributed by atoms with Crippen LogP contribution >= 0.6 is 0 Å². The maximum Gasteiger partial charge on any atom is 0.315 e. The highest BCUT2D eigenvalue weighted by atomic mass is 16.4. The summed E-state index contributed by atoms with van der Waals surface area (Å²) in [5.41, 5.74) is 0.321. The Morgan fingerprint density at radius 3 is 2.26 bits per heavy atom. The van der Waals surface area contributed by atoms with Crippen molar-refractivity contribution in [2.45, 2.75) is 32.2 Å². The summed E-state index contributed by atoms with van der Waals surface area (Å²) >= 11 is 0. The molecule has 0 aliphatic heterocycles. The molecule has 1 rings (SSSR count). The highest BCUT2D eigenvalue weighted by Gasteiger charge is 2.21. The number of carbonyl (C=O) groups excluding carboxylic acids is 1. The number of amides is 2. The molecule has 0 aromatic heterocycles. The summed E-state index contributed by atoms with van der Waals surface area (Å²) < 4.78 is 0. The molecule has 0 saturated carbocycles. The molecule has 104 valence electrons. The lowest BCUT2D eigenvalue weighted by molar-refractivity contribution is -0.138. The molecule has 0 spiro atoms. The number of aliphatic carboxylic acids is 1. The lowest BCUT2D eigenvalue weighted by atomic mass is 9.99. The van der Waals surface area contributed by atoms with Gasteiger partial charge in [-0.25, -0.2) is 4.79 Å². The third-order valence-corrected chi connectivity index (χ3v) is 2.46. The number of hydrogen-bond acceptors (Lipinski definition) is 2. The zero-order valence-electron chi connectivity index (χ0n) is 11.4. The molecule has 0 fully saturated rings. The van der Waals surface area contributed by atoms with E-state index >= 15 is 0 Å². The predicted octanol–water partition coefficient (Wildman–Crippen LogP) is 1.95. The van der Waals surface area contributed by atoms with E-state index in [1.807, 2.05) is 26.8 Å². The molecule has 1 unspecified atom stereocenters. The zero-order chi connectivity index (χ0) is 14.5. The minimum absolute atomic E-state index is 0.0568. The molecule has 3 N–H and O–H groups in total. The Morgan fingerprint density at radius 2 is 1.79 bits per heavy atom. The third kappa shape index (κ3) is 5.42. The summed E-state index contributed by atoms with van der Waals surface area (Å²) in [6.45, 7) is 5.64. The van der Waals surface area contributed by atoms with Crippen molar-refractivity contribution >= 4 is 12.0 Å². The largest absolute Gasteiger partial charge is 0.481 e. The van der Waals surface area contributed by atoms with Gasteiger partial charge in [-0.15, -0.1) is 0 Å². The van der Waals surface area contributed by atoms with Crippen LogP contribution in [0.4, 0.5) is 4.79 Å². The Morgan fingerprint density at radius 1 is 1.21 bits per heavy atom. The van der Waals surface area contributed by atoms with Crippen molar-refractivity contribution in [1.29, 1.82) is 0 Å².